The number of hydrogen-bond acceptors (Lipinski definition) is 4. The number of rotatable bonds is 5. The fourth-order valence-electron chi connectivity index (χ4n) is 5.52. The molecule has 1 amide bonds. The summed E-state index contributed by atoms with van der Waals surface area (Å²) in [5.74, 6) is 1.39. The lowest BCUT2D eigenvalue weighted by Gasteiger charge is -2.38. The number of hydrogen-bond donors (Lipinski definition) is 0. The molecule has 4 rings (SSSR count). The topological polar surface area (TPSA) is 60.9 Å². The maximum Gasteiger partial charge on any atom is 0.253 e. The molecule has 0 N–H and O–H groups in total. The Balaban J connectivity index is 1.37. The van der Waals surface area contributed by atoms with Crippen LogP contribution in [0.1, 0.15) is 69.2 Å². The second-order valence-electron chi connectivity index (χ2n) is 10.2. The number of nitrogens with zero attached hydrogens (tertiary/aromatic N) is 3. The summed E-state index contributed by atoms with van der Waals surface area (Å²) in [6.07, 6.45) is 7.67. The molecule has 0 bridgehead atoms. The first kappa shape index (κ1) is 23.7. The van der Waals surface area contributed by atoms with E-state index in [1.165, 1.54) is 32.4 Å². The van der Waals surface area contributed by atoms with Gasteiger partial charge < -0.3 is 9.80 Å². The molecule has 0 saturated carbocycles. The van der Waals surface area contributed by atoms with E-state index in [9.17, 15) is 13.2 Å². The largest absolute Gasteiger partial charge is 0.338 e. The van der Waals surface area contributed by atoms with Gasteiger partial charge in [0.25, 0.3) is 5.91 Å². The van der Waals surface area contributed by atoms with Crippen LogP contribution in [0.5, 0.6) is 0 Å². The number of carbonyl (C=O) groups is 1. The molecule has 0 aliphatic carbocycles. The van der Waals surface area contributed by atoms with E-state index in [2.05, 4.69) is 11.8 Å². The molecule has 3 aliphatic heterocycles. The molecule has 3 saturated heterocycles. The molecule has 6 nitrogen and oxygen atoms in total. The Kier molecular flexibility index (Phi) is 7.58. The lowest BCUT2D eigenvalue weighted by molar-refractivity contribution is 0.0622. The van der Waals surface area contributed by atoms with E-state index in [4.69, 9.17) is 0 Å². The van der Waals surface area contributed by atoms with Gasteiger partial charge in [0, 0.05) is 37.8 Å². The van der Waals surface area contributed by atoms with Crippen molar-refractivity contribution in [2.24, 2.45) is 11.8 Å². The van der Waals surface area contributed by atoms with E-state index in [0.29, 0.717) is 22.9 Å². The Morgan fingerprint density at radius 3 is 2.31 bits per heavy atom. The maximum absolute atomic E-state index is 13.1. The molecule has 0 unspecified atom stereocenters. The van der Waals surface area contributed by atoms with Crippen LogP contribution in [-0.4, -0.2) is 73.7 Å². The van der Waals surface area contributed by atoms with Crippen molar-refractivity contribution in [2.75, 3.05) is 39.3 Å². The number of benzene rings is 1. The van der Waals surface area contributed by atoms with Crippen LogP contribution >= 0.6 is 0 Å². The van der Waals surface area contributed by atoms with E-state index in [-0.39, 0.29) is 11.9 Å². The average molecular weight is 462 g/mol. The van der Waals surface area contributed by atoms with E-state index < -0.39 is 10.0 Å². The van der Waals surface area contributed by atoms with E-state index in [1.54, 1.807) is 28.6 Å². The second kappa shape index (κ2) is 10.2. The predicted molar refractivity (Wildman–Crippen MR) is 127 cm³/mol. The number of carbonyl (C=O) groups excluding carboxylic acids is 1. The highest BCUT2D eigenvalue weighted by Crippen LogP contribution is 2.26. The molecule has 32 heavy (non-hydrogen) atoms. The molecular formula is C25H39N3O3S. The van der Waals surface area contributed by atoms with Gasteiger partial charge in [-0.1, -0.05) is 13.3 Å². The van der Waals surface area contributed by atoms with Gasteiger partial charge in [-0.2, -0.15) is 4.31 Å². The summed E-state index contributed by atoms with van der Waals surface area (Å²) < 4.78 is 27.7. The molecule has 3 aliphatic rings. The third-order valence-electron chi connectivity index (χ3n) is 7.65. The number of amides is 1. The lowest BCUT2D eigenvalue weighted by Crippen LogP contribution is -2.45. The van der Waals surface area contributed by atoms with Gasteiger partial charge in [0.2, 0.25) is 10.0 Å². The molecule has 7 heteroatoms. The van der Waals surface area contributed by atoms with E-state index in [1.807, 2.05) is 11.8 Å². The molecule has 3 fully saturated rings. The molecule has 1 aromatic rings. The Labute approximate surface area is 194 Å². The first-order valence-corrected chi connectivity index (χ1v) is 13.9. The van der Waals surface area contributed by atoms with Crippen LogP contribution < -0.4 is 0 Å². The van der Waals surface area contributed by atoms with Crippen LogP contribution in [0, 0.1) is 11.8 Å². The van der Waals surface area contributed by atoms with Crippen molar-refractivity contribution in [3.63, 3.8) is 0 Å². The Hall–Kier alpha value is -1.44. The first-order chi connectivity index (χ1) is 15.3. The monoisotopic (exact) mass is 461 g/mol. The van der Waals surface area contributed by atoms with Gasteiger partial charge in [-0.25, -0.2) is 8.42 Å². The minimum absolute atomic E-state index is 0.0252. The predicted octanol–water partition coefficient (Wildman–Crippen LogP) is 3.83. The van der Waals surface area contributed by atoms with Crippen molar-refractivity contribution in [1.29, 1.82) is 0 Å². The normalized spacial score (nSPS) is 26.9. The average Bonchev–Trinajstić information content (AvgIpc) is 2.80. The third-order valence-corrected chi connectivity index (χ3v) is 9.68. The second-order valence-corrected chi connectivity index (χ2v) is 12.1. The van der Waals surface area contributed by atoms with E-state index >= 15 is 0 Å². The van der Waals surface area contributed by atoms with Crippen LogP contribution in [0.2, 0.25) is 0 Å². The fraction of sp³-hybridized carbons (Fsp3) is 0.720. The lowest BCUT2D eigenvalue weighted by atomic mass is 9.94. The van der Waals surface area contributed by atoms with Crippen molar-refractivity contribution in [3.8, 4) is 0 Å². The number of likely N-dealkylation sites (tertiary alicyclic amines) is 2. The molecule has 0 radical (unpaired) electrons. The Morgan fingerprint density at radius 1 is 0.906 bits per heavy atom. The standard InChI is InChI=1S/C25H39N3O3S/c1-20-12-16-26(17-13-20)18-22-7-5-14-27(19-22)25(29)23-8-10-24(11-9-23)32(30,31)28-15-4-3-6-21(28)2/h8-11,20-22H,3-7,12-19H2,1-2H3/t21-,22+/m1/s1. The molecule has 0 spiro atoms. The maximum atomic E-state index is 13.1. The van der Waals surface area contributed by atoms with Gasteiger partial charge >= 0.3 is 0 Å². The molecular weight excluding hydrogens is 422 g/mol. The van der Waals surface area contributed by atoms with Crippen molar-refractivity contribution < 1.29 is 13.2 Å². The van der Waals surface area contributed by atoms with Gasteiger partial charge in [-0.3, -0.25) is 4.79 Å². The van der Waals surface area contributed by atoms with E-state index in [0.717, 1.165) is 51.2 Å². The zero-order valence-corrected chi connectivity index (χ0v) is 20.5. The molecule has 2 atom stereocenters. The summed E-state index contributed by atoms with van der Waals surface area (Å²) >= 11 is 0. The van der Waals surface area contributed by atoms with Crippen molar-refractivity contribution in [1.82, 2.24) is 14.1 Å². The Bertz CT molecular complexity index is 878. The summed E-state index contributed by atoms with van der Waals surface area (Å²) in [6, 6.07) is 6.64. The summed E-state index contributed by atoms with van der Waals surface area (Å²) in [7, 11) is -3.50. The van der Waals surface area contributed by atoms with Crippen molar-refractivity contribution in [2.45, 2.75) is 69.7 Å². The zero-order chi connectivity index (χ0) is 22.7. The quantitative estimate of drug-likeness (QED) is 0.669. The molecule has 3 heterocycles. The smallest absolute Gasteiger partial charge is 0.253 e. The summed E-state index contributed by atoms with van der Waals surface area (Å²) in [4.78, 5) is 18.0. The summed E-state index contributed by atoms with van der Waals surface area (Å²) in [5, 5.41) is 0. The van der Waals surface area contributed by atoms with Crippen molar-refractivity contribution in [3.05, 3.63) is 29.8 Å². The van der Waals surface area contributed by atoms with Crippen molar-refractivity contribution >= 4 is 15.9 Å². The summed E-state index contributed by atoms with van der Waals surface area (Å²) in [6.45, 7) is 9.92. The minimum atomic E-state index is -3.50. The third kappa shape index (κ3) is 5.37. The van der Waals surface area contributed by atoms with Crippen LogP contribution in [0.3, 0.4) is 0 Å². The highest BCUT2D eigenvalue weighted by molar-refractivity contribution is 7.89. The minimum Gasteiger partial charge on any atom is -0.338 e. The SMILES string of the molecule is CC1CCN(C[C@@H]2CCCN(C(=O)c3ccc(S(=O)(=O)N4CCCC[C@H]4C)cc3)C2)CC1. The molecule has 178 valence electrons. The first-order valence-electron chi connectivity index (χ1n) is 12.5. The van der Waals surface area contributed by atoms with Gasteiger partial charge in [-0.05, 0) is 94.6 Å². The van der Waals surface area contributed by atoms with Gasteiger partial charge in [0.15, 0.2) is 0 Å². The number of piperidine rings is 3. The Morgan fingerprint density at radius 2 is 1.62 bits per heavy atom. The van der Waals surface area contributed by atoms with Gasteiger partial charge in [0.1, 0.15) is 0 Å². The van der Waals surface area contributed by atoms with Gasteiger partial charge in [-0.15, -0.1) is 0 Å². The van der Waals surface area contributed by atoms with Crippen LogP contribution in [0.15, 0.2) is 29.2 Å². The van der Waals surface area contributed by atoms with Crippen LogP contribution in [0.25, 0.3) is 0 Å². The summed E-state index contributed by atoms with van der Waals surface area (Å²) in [5.41, 5.74) is 0.586. The molecule has 1 aromatic carbocycles. The highest BCUT2D eigenvalue weighted by atomic mass is 32.2. The molecule has 0 aromatic heterocycles. The van der Waals surface area contributed by atoms with Crippen LogP contribution in [-0.2, 0) is 10.0 Å². The highest BCUT2D eigenvalue weighted by Gasteiger charge is 2.31. The van der Waals surface area contributed by atoms with Gasteiger partial charge in [0.05, 0.1) is 4.90 Å². The number of sulfonamides is 1. The zero-order valence-electron chi connectivity index (χ0n) is 19.7. The fourth-order valence-corrected chi connectivity index (χ4v) is 7.22. The van der Waals surface area contributed by atoms with Crippen LogP contribution in [0.4, 0.5) is 0 Å².